The Morgan fingerprint density at radius 2 is 1.96 bits per heavy atom. The van der Waals surface area contributed by atoms with Crippen molar-refractivity contribution < 1.29 is 17.6 Å². The lowest BCUT2D eigenvalue weighted by Gasteiger charge is -2.15. The topological polar surface area (TPSA) is 107 Å². The number of nitrogens with two attached hydrogens (primary N) is 1. The van der Waals surface area contributed by atoms with Gasteiger partial charge in [0.2, 0.25) is 5.91 Å². The molecule has 0 fully saturated rings. The minimum atomic E-state index is -4.05. The zero-order valence-corrected chi connectivity index (χ0v) is 15.5. The highest BCUT2D eigenvalue weighted by atomic mass is 35.5. The van der Waals surface area contributed by atoms with Crippen molar-refractivity contribution in [3.63, 3.8) is 0 Å². The van der Waals surface area contributed by atoms with E-state index in [0.29, 0.717) is 11.2 Å². The number of halogens is 2. The SMILES string of the molecule is NC(=O)C(CNS(=O)(=O)c1c(Cl)nc2ccccn12)Cc1ccc(F)cc1. The fraction of sp³-hybridized carbons (Fsp3) is 0.176. The number of benzene rings is 1. The van der Waals surface area contributed by atoms with Gasteiger partial charge in [-0.25, -0.2) is 22.5 Å². The number of rotatable bonds is 7. The summed E-state index contributed by atoms with van der Waals surface area (Å²) in [6, 6.07) is 10.5. The zero-order chi connectivity index (χ0) is 19.6. The van der Waals surface area contributed by atoms with Crippen LogP contribution in [-0.2, 0) is 21.2 Å². The number of aromatic nitrogens is 2. The number of nitrogens with one attached hydrogen (secondary N) is 1. The summed E-state index contributed by atoms with van der Waals surface area (Å²) in [7, 11) is -4.05. The van der Waals surface area contributed by atoms with Gasteiger partial charge in [-0.05, 0) is 36.2 Å². The molecule has 1 aromatic carbocycles. The maximum Gasteiger partial charge on any atom is 0.259 e. The third-order valence-electron chi connectivity index (χ3n) is 4.02. The Labute approximate surface area is 160 Å². The van der Waals surface area contributed by atoms with E-state index in [1.54, 1.807) is 18.2 Å². The lowest BCUT2D eigenvalue weighted by atomic mass is 9.99. The van der Waals surface area contributed by atoms with Crippen LogP contribution in [0.25, 0.3) is 5.65 Å². The number of pyridine rings is 1. The summed E-state index contributed by atoms with van der Waals surface area (Å²) in [6.07, 6.45) is 1.69. The van der Waals surface area contributed by atoms with E-state index in [1.165, 1.54) is 34.9 Å². The molecule has 1 unspecified atom stereocenters. The van der Waals surface area contributed by atoms with Crippen LogP contribution in [0.5, 0.6) is 0 Å². The molecular weight excluding hydrogens is 395 g/mol. The van der Waals surface area contributed by atoms with Crippen LogP contribution in [0.4, 0.5) is 4.39 Å². The molecule has 0 aliphatic carbocycles. The van der Waals surface area contributed by atoms with Crippen LogP contribution in [0.1, 0.15) is 5.56 Å². The highest BCUT2D eigenvalue weighted by molar-refractivity contribution is 7.89. The number of amides is 1. The molecule has 0 saturated carbocycles. The quantitative estimate of drug-likeness (QED) is 0.618. The lowest BCUT2D eigenvalue weighted by Crippen LogP contribution is -2.37. The Kier molecular flexibility index (Phi) is 5.45. The predicted molar refractivity (Wildman–Crippen MR) is 98.2 cm³/mol. The highest BCUT2D eigenvalue weighted by Gasteiger charge is 2.26. The van der Waals surface area contributed by atoms with Crippen molar-refractivity contribution in [2.75, 3.05) is 6.54 Å². The number of sulfonamides is 1. The van der Waals surface area contributed by atoms with Gasteiger partial charge in [0.15, 0.2) is 10.2 Å². The van der Waals surface area contributed by atoms with E-state index in [9.17, 15) is 17.6 Å². The molecule has 0 spiro atoms. The van der Waals surface area contributed by atoms with Crippen LogP contribution in [0, 0.1) is 11.7 Å². The molecule has 0 radical (unpaired) electrons. The standard InChI is InChI=1S/C17H16ClFN4O3S/c18-15-17(23-8-2-1-3-14(23)22-15)27(25,26)21-10-12(16(20)24)9-11-4-6-13(19)7-5-11/h1-8,12,21H,9-10H2,(H2,20,24). The smallest absolute Gasteiger partial charge is 0.259 e. The number of hydrogen-bond donors (Lipinski definition) is 2. The second-order valence-electron chi connectivity index (χ2n) is 5.92. The molecule has 0 aliphatic rings. The zero-order valence-electron chi connectivity index (χ0n) is 14.0. The molecule has 0 aliphatic heterocycles. The first kappa shape index (κ1) is 19.3. The molecule has 0 saturated heterocycles. The summed E-state index contributed by atoms with van der Waals surface area (Å²) in [4.78, 5) is 15.7. The van der Waals surface area contributed by atoms with Crippen LogP contribution in [0.15, 0.2) is 53.7 Å². The van der Waals surface area contributed by atoms with Crippen LogP contribution in [0.3, 0.4) is 0 Å². The van der Waals surface area contributed by atoms with E-state index in [2.05, 4.69) is 9.71 Å². The second-order valence-corrected chi connectivity index (χ2v) is 7.96. The summed E-state index contributed by atoms with van der Waals surface area (Å²) >= 11 is 6.00. The molecule has 3 N–H and O–H groups in total. The molecule has 10 heteroatoms. The molecule has 27 heavy (non-hydrogen) atoms. The van der Waals surface area contributed by atoms with Gasteiger partial charge in [-0.1, -0.05) is 29.8 Å². The predicted octanol–water partition coefficient (Wildman–Crippen LogP) is 1.75. The van der Waals surface area contributed by atoms with Crippen molar-refractivity contribution in [1.29, 1.82) is 0 Å². The van der Waals surface area contributed by atoms with E-state index in [-0.39, 0.29) is 23.1 Å². The van der Waals surface area contributed by atoms with Gasteiger partial charge in [-0.3, -0.25) is 9.20 Å². The first-order valence-corrected chi connectivity index (χ1v) is 9.80. The number of carbonyl (C=O) groups excluding carboxylic acids is 1. The van der Waals surface area contributed by atoms with Crippen molar-refractivity contribution in [2.45, 2.75) is 11.4 Å². The Balaban J connectivity index is 1.80. The minimum absolute atomic E-state index is 0.166. The van der Waals surface area contributed by atoms with Crippen molar-refractivity contribution in [2.24, 2.45) is 11.7 Å². The van der Waals surface area contributed by atoms with E-state index in [0.717, 1.165) is 0 Å². The van der Waals surface area contributed by atoms with Crippen molar-refractivity contribution in [1.82, 2.24) is 14.1 Å². The molecule has 0 bridgehead atoms. The van der Waals surface area contributed by atoms with Crippen LogP contribution < -0.4 is 10.5 Å². The molecule has 1 amide bonds. The summed E-state index contributed by atoms with van der Waals surface area (Å²) in [6.45, 7) is -0.231. The third kappa shape index (κ3) is 4.26. The maximum atomic E-state index is 13.0. The van der Waals surface area contributed by atoms with Gasteiger partial charge >= 0.3 is 0 Å². The molecule has 1 atom stereocenters. The van der Waals surface area contributed by atoms with Gasteiger partial charge in [0, 0.05) is 12.7 Å². The van der Waals surface area contributed by atoms with Gasteiger partial charge in [-0.2, -0.15) is 0 Å². The second kappa shape index (κ2) is 7.63. The Morgan fingerprint density at radius 3 is 2.63 bits per heavy atom. The Morgan fingerprint density at radius 1 is 1.26 bits per heavy atom. The molecule has 2 heterocycles. The largest absolute Gasteiger partial charge is 0.369 e. The molecule has 3 rings (SSSR count). The van der Waals surface area contributed by atoms with Gasteiger partial charge < -0.3 is 5.73 Å². The molecular formula is C17H16ClFN4O3S. The number of carbonyl (C=O) groups is 1. The Bertz CT molecular complexity index is 1080. The van der Waals surface area contributed by atoms with Crippen molar-refractivity contribution in [3.8, 4) is 0 Å². The maximum absolute atomic E-state index is 13.0. The lowest BCUT2D eigenvalue weighted by molar-refractivity contribution is -0.121. The molecule has 7 nitrogen and oxygen atoms in total. The first-order valence-electron chi connectivity index (χ1n) is 7.94. The van der Waals surface area contributed by atoms with E-state index >= 15 is 0 Å². The summed E-state index contributed by atoms with van der Waals surface area (Å²) in [5.41, 5.74) is 6.43. The summed E-state index contributed by atoms with van der Waals surface area (Å²) in [5, 5.41) is -0.396. The fourth-order valence-corrected chi connectivity index (χ4v) is 4.36. The van der Waals surface area contributed by atoms with Crippen LogP contribution in [0.2, 0.25) is 5.15 Å². The highest BCUT2D eigenvalue weighted by Crippen LogP contribution is 2.22. The van der Waals surface area contributed by atoms with Gasteiger partial charge in [0.25, 0.3) is 10.0 Å². The van der Waals surface area contributed by atoms with Crippen molar-refractivity contribution in [3.05, 3.63) is 65.2 Å². The Hall–Kier alpha value is -2.49. The van der Waals surface area contributed by atoms with Crippen LogP contribution >= 0.6 is 11.6 Å². The summed E-state index contributed by atoms with van der Waals surface area (Å²) < 4.78 is 42.1. The van der Waals surface area contributed by atoms with E-state index in [4.69, 9.17) is 17.3 Å². The molecule has 3 aromatic rings. The number of nitrogens with zero attached hydrogens (tertiary/aromatic N) is 2. The van der Waals surface area contributed by atoms with Gasteiger partial charge in [0.1, 0.15) is 11.5 Å². The minimum Gasteiger partial charge on any atom is -0.369 e. The molecule has 2 aromatic heterocycles. The molecule has 142 valence electrons. The monoisotopic (exact) mass is 410 g/mol. The number of imidazole rings is 1. The van der Waals surface area contributed by atoms with Gasteiger partial charge in [0.05, 0.1) is 5.92 Å². The fourth-order valence-electron chi connectivity index (χ4n) is 2.64. The normalized spacial score (nSPS) is 13.0. The number of fused-ring (bicyclic) bond motifs is 1. The van der Waals surface area contributed by atoms with E-state index < -0.39 is 27.7 Å². The number of hydrogen-bond acceptors (Lipinski definition) is 4. The van der Waals surface area contributed by atoms with Crippen molar-refractivity contribution >= 4 is 33.2 Å². The first-order chi connectivity index (χ1) is 12.8. The van der Waals surface area contributed by atoms with Gasteiger partial charge in [-0.15, -0.1) is 0 Å². The number of primary amides is 1. The third-order valence-corrected chi connectivity index (χ3v) is 5.84. The summed E-state index contributed by atoms with van der Waals surface area (Å²) in [5.74, 6) is -1.90. The van der Waals surface area contributed by atoms with Crippen LogP contribution in [-0.4, -0.2) is 30.3 Å². The average molecular weight is 411 g/mol. The average Bonchev–Trinajstić information content (AvgIpc) is 2.96. The van der Waals surface area contributed by atoms with E-state index in [1.807, 2.05) is 0 Å².